The summed E-state index contributed by atoms with van der Waals surface area (Å²) in [6.07, 6.45) is 7.49. The molecule has 2 saturated carbocycles. The van der Waals surface area contributed by atoms with Gasteiger partial charge in [0.05, 0.1) is 12.5 Å². The van der Waals surface area contributed by atoms with E-state index in [1.165, 1.54) is 19.8 Å². The molecule has 158 valence electrons. The largest absolute Gasteiger partial charge is 0.481 e. The van der Waals surface area contributed by atoms with Gasteiger partial charge in [-0.25, -0.2) is 0 Å². The highest BCUT2D eigenvalue weighted by Crippen LogP contribution is 2.76. The molecule has 0 aromatic carbocycles. The molecular formula is C24H33NO4. The van der Waals surface area contributed by atoms with Crippen molar-refractivity contribution in [3.8, 4) is 0 Å². The first kappa shape index (κ1) is 18.4. The van der Waals surface area contributed by atoms with Crippen LogP contribution in [0.1, 0.15) is 58.8 Å². The number of ether oxygens (including phenoxy) is 1. The summed E-state index contributed by atoms with van der Waals surface area (Å²) < 4.78 is 5.83. The Hall–Kier alpha value is -1.36. The summed E-state index contributed by atoms with van der Waals surface area (Å²) in [5.74, 6) is 0.992. The molecule has 0 aromatic rings. The molecule has 1 N–H and O–H groups in total. The Labute approximate surface area is 172 Å². The summed E-state index contributed by atoms with van der Waals surface area (Å²) in [4.78, 5) is 27.0. The molecule has 8 atom stereocenters. The van der Waals surface area contributed by atoms with Crippen molar-refractivity contribution in [3.05, 3.63) is 11.1 Å². The Kier molecular flexibility index (Phi) is 3.72. The van der Waals surface area contributed by atoms with Crippen LogP contribution in [0.2, 0.25) is 0 Å². The predicted octanol–water partition coefficient (Wildman–Crippen LogP) is 3.49. The first-order valence-corrected chi connectivity index (χ1v) is 11.7. The number of carbonyl (C=O) groups excluding carboxylic acids is 1. The number of rotatable bonds is 3. The van der Waals surface area contributed by atoms with Gasteiger partial charge >= 0.3 is 11.9 Å². The summed E-state index contributed by atoms with van der Waals surface area (Å²) in [5, 5.41) is 10.2. The normalized spacial score (nSPS) is 49.7. The second-order valence-electron chi connectivity index (χ2n) is 11.0. The van der Waals surface area contributed by atoms with Crippen LogP contribution in [0.15, 0.2) is 11.1 Å². The summed E-state index contributed by atoms with van der Waals surface area (Å²) >= 11 is 0. The van der Waals surface area contributed by atoms with Crippen LogP contribution in [-0.4, -0.2) is 47.7 Å². The van der Waals surface area contributed by atoms with Crippen molar-refractivity contribution in [2.45, 2.75) is 64.8 Å². The van der Waals surface area contributed by atoms with Gasteiger partial charge in [0, 0.05) is 36.9 Å². The van der Waals surface area contributed by atoms with Crippen LogP contribution in [0.3, 0.4) is 0 Å². The van der Waals surface area contributed by atoms with Crippen LogP contribution >= 0.6 is 0 Å². The molecule has 5 nitrogen and oxygen atoms in total. The van der Waals surface area contributed by atoms with E-state index >= 15 is 0 Å². The van der Waals surface area contributed by atoms with E-state index in [-0.39, 0.29) is 28.6 Å². The lowest BCUT2D eigenvalue weighted by atomic mass is 9.43. The average Bonchev–Trinajstić information content (AvgIpc) is 3.30. The number of esters is 1. The minimum Gasteiger partial charge on any atom is -0.481 e. The molecule has 8 unspecified atom stereocenters. The molecule has 29 heavy (non-hydrogen) atoms. The number of carbonyl (C=O) groups is 2. The predicted molar refractivity (Wildman–Crippen MR) is 107 cm³/mol. The monoisotopic (exact) mass is 399 g/mol. The molecule has 1 spiro atoms. The van der Waals surface area contributed by atoms with Crippen molar-refractivity contribution in [1.82, 2.24) is 4.90 Å². The van der Waals surface area contributed by atoms with E-state index in [0.29, 0.717) is 30.4 Å². The quantitative estimate of drug-likeness (QED) is 0.581. The summed E-state index contributed by atoms with van der Waals surface area (Å²) in [6.45, 7) is 6.68. The zero-order valence-corrected chi connectivity index (χ0v) is 17.7. The summed E-state index contributed by atoms with van der Waals surface area (Å²) in [7, 11) is 0. The third-order valence-electron chi connectivity index (χ3n) is 10.3. The van der Waals surface area contributed by atoms with E-state index in [4.69, 9.17) is 4.74 Å². The maximum absolute atomic E-state index is 12.4. The summed E-state index contributed by atoms with van der Waals surface area (Å²) in [5.41, 5.74) is 2.99. The minimum absolute atomic E-state index is 0.0652. The molecule has 0 radical (unpaired) electrons. The van der Waals surface area contributed by atoms with Crippen molar-refractivity contribution in [1.29, 1.82) is 0 Å². The molecule has 0 aromatic heterocycles. The SMILES string of the molecule is CC(=O)OCC12CCC3C(C)CN4CC1CCC1=C5C(CC1)C(C(=O)O)CC52C34. The van der Waals surface area contributed by atoms with Crippen LogP contribution in [0.25, 0.3) is 0 Å². The summed E-state index contributed by atoms with van der Waals surface area (Å²) in [6, 6.07) is 0.450. The van der Waals surface area contributed by atoms with E-state index < -0.39 is 5.97 Å². The Morgan fingerprint density at radius 2 is 2.00 bits per heavy atom. The number of allylic oxidation sites excluding steroid dienone is 1. The van der Waals surface area contributed by atoms with Gasteiger partial charge in [0.25, 0.3) is 0 Å². The molecule has 2 saturated heterocycles. The number of carboxylic acid groups (broad SMARTS) is 1. The fourth-order valence-corrected chi connectivity index (χ4v) is 9.53. The zero-order chi connectivity index (χ0) is 20.1. The Balaban J connectivity index is 1.59. The third-order valence-corrected chi connectivity index (χ3v) is 10.3. The maximum atomic E-state index is 12.4. The van der Waals surface area contributed by atoms with E-state index in [1.54, 1.807) is 11.1 Å². The minimum atomic E-state index is -0.607. The molecule has 5 heteroatoms. The van der Waals surface area contributed by atoms with E-state index in [2.05, 4.69) is 11.8 Å². The topological polar surface area (TPSA) is 66.8 Å². The zero-order valence-electron chi connectivity index (χ0n) is 17.7. The number of piperidine rings is 1. The van der Waals surface area contributed by atoms with Crippen molar-refractivity contribution in [3.63, 3.8) is 0 Å². The number of carboxylic acids is 1. The molecule has 2 heterocycles. The average molecular weight is 400 g/mol. The van der Waals surface area contributed by atoms with Gasteiger partial charge in [0.1, 0.15) is 0 Å². The van der Waals surface area contributed by atoms with Gasteiger partial charge in [-0.05, 0) is 68.6 Å². The van der Waals surface area contributed by atoms with Crippen LogP contribution in [0.4, 0.5) is 0 Å². The van der Waals surface area contributed by atoms with Gasteiger partial charge in [-0.15, -0.1) is 0 Å². The smallest absolute Gasteiger partial charge is 0.307 e. The first-order chi connectivity index (χ1) is 13.9. The molecule has 4 aliphatic carbocycles. The van der Waals surface area contributed by atoms with Crippen molar-refractivity contribution in [2.24, 2.45) is 40.4 Å². The number of nitrogens with zero attached hydrogens (tertiary/aromatic N) is 1. The molecular weight excluding hydrogens is 366 g/mol. The highest BCUT2D eigenvalue weighted by molar-refractivity contribution is 5.73. The van der Waals surface area contributed by atoms with E-state index in [0.717, 1.165) is 45.2 Å². The number of hydrogen-bond acceptors (Lipinski definition) is 4. The third kappa shape index (κ3) is 2.06. The molecule has 6 rings (SSSR count). The molecule has 0 amide bonds. The Morgan fingerprint density at radius 1 is 1.21 bits per heavy atom. The fraction of sp³-hybridized carbons (Fsp3) is 0.833. The molecule has 4 fully saturated rings. The number of aliphatic carboxylic acids is 1. The van der Waals surface area contributed by atoms with Gasteiger partial charge in [-0.3, -0.25) is 14.5 Å². The van der Waals surface area contributed by atoms with Gasteiger partial charge in [-0.2, -0.15) is 0 Å². The van der Waals surface area contributed by atoms with Gasteiger partial charge < -0.3 is 9.84 Å². The second-order valence-corrected chi connectivity index (χ2v) is 11.0. The highest BCUT2D eigenvalue weighted by atomic mass is 16.5. The van der Waals surface area contributed by atoms with Crippen molar-refractivity contribution >= 4 is 11.9 Å². The van der Waals surface area contributed by atoms with Crippen molar-refractivity contribution < 1.29 is 19.4 Å². The highest BCUT2D eigenvalue weighted by Gasteiger charge is 2.75. The molecule has 2 aliphatic heterocycles. The van der Waals surface area contributed by atoms with E-state index in [9.17, 15) is 14.7 Å². The van der Waals surface area contributed by atoms with Gasteiger partial charge in [-0.1, -0.05) is 18.1 Å². The number of hydrogen-bond donors (Lipinski definition) is 1. The van der Waals surface area contributed by atoms with Gasteiger partial charge in [0.2, 0.25) is 0 Å². The van der Waals surface area contributed by atoms with Crippen molar-refractivity contribution in [2.75, 3.05) is 19.7 Å². The van der Waals surface area contributed by atoms with Crippen LogP contribution in [0.5, 0.6) is 0 Å². The molecule has 6 aliphatic rings. The lowest BCUT2D eigenvalue weighted by Gasteiger charge is -2.66. The van der Waals surface area contributed by atoms with Crippen LogP contribution in [-0.2, 0) is 14.3 Å². The lowest BCUT2D eigenvalue weighted by molar-refractivity contribution is -0.187. The van der Waals surface area contributed by atoms with Crippen LogP contribution in [0, 0.1) is 40.4 Å². The standard InChI is InChI=1S/C24H33NO4/c1-13-10-25-11-16-5-3-15-4-6-18-19(22(27)28)9-24(20(15)18)21(25)17(13)7-8-23(16,24)12-29-14(2)26/h13,16-19,21H,3-12H2,1-2H3,(H,27,28). The fourth-order valence-electron chi connectivity index (χ4n) is 9.53. The van der Waals surface area contributed by atoms with E-state index in [1.807, 2.05) is 0 Å². The Morgan fingerprint density at radius 3 is 2.76 bits per heavy atom. The van der Waals surface area contributed by atoms with Gasteiger partial charge in [0.15, 0.2) is 0 Å². The Bertz CT molecular complexity index is 820. The lowest BCUT2D eigenvalue weighted by Crippen LogP contribution is -2.68. The molecule has 4 bridgehead atoms. The second kappa shape index (κ2) is 5.87. The first-order valence-electron chi connectivity index (χ1n) is 11.7. The maximum Gasteiger partial charge on any atom is 0.307 e. The van der Waals surface area contributed by atoms with Crippen LogP contribution < -0.4 is 0 Å².